The van der Waals surface area contributed by atoms with Crippen LogP contribution in [0.5, 0.6) is 0 Å². The van der Waals surface area contributed by atoms with Gasteiger partial charge in [0.1, 0.15) is 6.79 Å². The summed E-state index contributed by atoms with van der Waals surface area (Å²) in [5.74, 6) is -0.361. The maximum Gasteiger partial charge on any atom is 0.256 e. The lowest BCUT2D eigenvalue weighted by atomic mass is 10.4. The molecule has 1 atom stereocenters. The van der Waals surface area contributed by atoms with Crippen molar-refractivity contribution < 1.29 is 23.7 Å². The number of alkyl halides is 2. The highest BCUT2D eigenvalue weighted by molar-refractivity contribution is 6.53. The van der Waals surface area contributed by atoms with Crippen LogP contribution in [0.2, 0.25) is 0 Å². The Labute approximate surface area is 135 Å². The zero-order valence-corrected chi connectivity index (χ0v) is 13.9. The molecule has 0 aliphatic rings. The van der Waals surface area contributed by atoms with Crippen molar-refractivity contribution in [1.82, 2.24) is 4.90 Å². The first-order chi connectivity index (χ1) is 10.0. The molecule has 0 aliphatic heterocycles. The Morgan fingerprint density at radius 2 is 1.95 bits per heavy atom. The molecule has 0 aromatic heterocycles. The SMILES string of the molecule is C=CCN(CCOCCOCOC(C)OC)C(=O)C(Cl)Cl. The van der Waals surface area contributed by atoms with Crippen LogP contribution < -0.4 is 0 Å². The summed E-state index contributed by atoms with van der Waals surface area (Å²) in [4.78, 5) is 12.0. The van der Waals surface area contributed by atoms with Crippen molar-refractivity contribution in [3.05, 3.63) is 12.7 Å². The van der Waals surface area contributed by atoms with Crippen LogP contribution in [0.3, 0.4) is 0 Å². The molecule has 0 radical (unpaired) electrons. The van der Waals surface area contributed by atoms with E-state index in [0.717, 1.165) is 0 Å². The van der Waals surface area contributed by atoms with Gasteiger partial charge in [0, 0.05) is 20.2 Å². The summed E-state index contributed by atoms with van der Waals surface area (Å²) in [7, 11) is 1.55. The van der Waals surface area contributed by atoms with Crippen LogP contribution in [0.1, 0.15) is 6.92 Å². The second-order valence-electron chi connectivity index (χ2n) is 3.98. The normalized spacial score (nSPS) is 12.4. The topological polar surface area (TPSA) is 57.2 Å². The molecule has 1 unspecified atom stereocenters. The van der Waals surface area contributed by atoms with Crippen LogP contribution in [0.25, 0.3) is 0 Å². The minimum Gasteiger partial charge on any atom is -0.377 e. The molecular formula is C13H23Cl2NO5. The Morgan fingerprint density at radius 3 is 2.52 bits per heavy atom. The summed E-state index contributed by atoms with van der Waals surface area (Å²) in [6.07, 6.45) is 1.30. The van der Waals surface area contributed by atoms with Gasteiger partial charge in [-0.2, -0.15) is 0 Å². The predicted molar refractivity (Wildman–Crippen MR) is 81.5 cm³/mol. The molecule has 0 aromatic rings. The van der Waals surface area contributed by atoms with Crippen molar-refractivity contribution >= 4 is 29.1 Å². The Morgan fingerprint density at radius 1 is 1.29 bits per heavy atom. The molecule has 1 amide bonds. The fraction of sp³-hybridized carbons (Fsp3) is 0.769. The van der Waals surface area contributed by atoms with E-state index >= 15 is 0 Å². The van der Waals surface area contributed by atoms with Crippen LogP contribution in [-0.2, 0) is 23.7 Å². The molecule has 124 valence electrons. The van der Waals surface area contributed by atoms with Gasteiger partial charge >= 0.3 is 0 Å². The van der Waals surface area contributed by atoms with Gasteiger partial charge in [-0.25, -0.2) is 0 Å². The molecule has 8 heteroatoms. The third-order valence-electron chi connectivity index (χ3n) is 2.44. The third-order valence-corrected chi connectivity index (χ3v) is 2.82. The van der Waals surface area contributed by atoms with Gasteiger partial charge in [-0.1, -0.05) is 29.3 Å². The van der Waals surface area contributed by atoms with Gasteiger partial charge in [0.2, 0.25) is 0 Å². The molecule has 6 nitrogen and oxygen atoms in total. The van der Waals surface area contributed by atoms with E-state index in [9.17, 15) is 4.79 Å². The monoisotopic (exact) mass is 343 g/mol. The van der Waals surface area contributed by atoms with E-state index in [-0.39, 0.29) is 19.0 Å². The van der Waals surface area contributed by atoms with E-state index in [1.807, 2.05) is 0 Å². The average Bonchev–Trinajstić information content (AvgIpc) is 2.47. The van der Waals surface area contributed by atoms with Gasteiger partial charge in [0.15, 0.2) is 11.1 Å². The molecule has 0 aromatic carbocycles. The van der Waals surface area contributed by atoms with E-state index in [4.69, 9.17) is 42.1 Å². The highest BCUT2D eigenvalue weighted by Crippen LogP contribution is 2.07. The Hall–Kier alpha value is -0.370. The molecule has 0 heterocycles. The molecule has 0 saturated carbocycles. The van der Waals surface area contributed by atoms with Crippen molar-refractivity contribution in [3.63, 3.8) is 0 Å². The number of hydrogen-bond acceptors (Lipinski definition) is 5. The Balaban J connectivity index is 3.63. The molecule has 0 rings (SSSR count). The standard InChI is InChI=1S/C13H23Cl2NO5/c1-4-5-16(13(17)12(14)15)6-7-19-8-9-20-10-21-11(2)18-3/h4,11-12H,1,5-10H2,2-3H3. The lowest BCUT2D eigenvalue weighted by Crippen LogP contribution is -2.37. The number of ether oxygens (including phenoxy) is 4. The van der Waals surface area contributed by atoms with Crippen molar-refractivity contribution in [1.29, 1.82) is 0 Å². The number of hydrogen-bond donors (Lipinski definition) is 0. The average molecular weight is 344 g/mol. The summed E-state index contributed by atoms with van der Waals surface area (Å²) in [6, 6.07) is 0. The van der Waals surface area contributed by atoms with Crippen LogP contribution >= 0.6 is 23.2 Å². The fourth-order valence-electron chi connectivity index (χ4n) is 1.25. The first-order valence-electron chi connectivity index (χ1n) is 6.50. The minimum atomic E-state index is -1.08. The fourth-order valence-corrected chi connectivity index (χ4v) is 1.53. The molecule has 0 aliphatic carbocycles. The van der Waals surface area contributed by atoms with E-state index in [2.05, 4.69) is 6.58 Å². The number of rotatable bonds is 13. The molecule has 0 saturated heterocycles. The summed E-state index contributed by atoms with van der Waals surface area (Å²) >= 11 is 11.1. The first-order valence-corrected chi connectivity index (χ1v) is 7.38. The van der Waals surface area contributed by atoms with Gasteiger partial charge in [0.25, 0.3) is 5.91 Å². The zero-order chi connectivity index (χ0) is 16.1. The first kappa shape index (κ1) is 20.6. The van der Waals surface area contributed by atoms with E-state index in [1.54, 1.807) is 20.1 Å². The summed E-state index contributed by atoms with van der Waals surface area (Å²) < 4.78 is 20.5. The van der Waals surface area contributed by atoms with E-state index < -0.39 is 4.84 Å². The number of amides is 1. The van der Waals surface area contributed by atoms with Gasteiger partial charge in [-0.05, 0) is 6.92 Å². The number of carbonyl (C=O) groups excluding carboxylic acids is 1. The predicted octanol–water partition coefficient (Wildman–Crippen LogP) is 1.80. The van der Waals surface area contributed by atoms with Crippen LogP contribution in [0.15, 0.2) is 12.7 Å². The molecule has 0 bridgehead atoms. The number of halogens is 2. The summed E-state index contributed by atoms with van der Waals surface area (Å²) in [5.41, 5.74) is 0. The lowest BCUT2D eigenvalue weighted by molar-refractivity contribution is -0.177. The molecule has 0 N–H and O–H groups in total. The van der Waals surface area contributed by atoms with Gasteiger partial charge in [-0.3, -0.25) is 4.79 Å². The maximum absolute atomic E-state index is 11.6. The van der Waals surface area contributed by atoms with E-state index in [0.29, 0.717) is 32.9 Å². The highest BCUT2D eigenvalue weighted by Gasteiger charge is 2.18. The van der Waals surface area contributed by atoms with Gasteiger partial charge < -0.3 is 23.8 Å². The molecule has 0 fully saturated rings. The van der Waals surface area contributed by atoms with Crippen molar-refractivity contribution in [2.45, 2.75) is 18.1 Å². The number of methoxy groups -OCH3 is 1. The summed E-state index contributed by atoms with van der Waals surface area (Å²) in [5, 5.41) is 0. The second-order valence-corrected chi connectivity index (χ2v) is 5.08. The summed E-state index contributed by atoms with van der Waals surface area (Å²) in [6.45, 7) is 7.39. The van der Waals surface area contributed by atoms with E-state index in [1.165, 1.54) is 4.90 Å². The molecular weight excluding hydrogens is 321 g/mol. The largest absolute Gasteiger partial charge is 0.377 e. The third kappa shape index (κ3) is 10.9. The van der Waals surface area contributed by atoms with Gasteiger partial charge in [-0.15, -0.1) is 6.58 Å². The second kappa shape index (κ2) is 13.3. The van der Waals surface area contributed by atoms with Crippen LogP contribution in [-0.4, -0.2) is 68.7 Å². The quantitative estimate of drug-likeness (QED) is 0.221. The van der Waals surface area contributed by atoms with Crippen LogP contribution in [0.4, 0.5) is 0 Å². The molecule has 21 heavy (non-hydrogen) atoms. The van der Waals surface area contributed by atoms with Crippen molar-refractivity contribution in [3.8, 4) is 0 Å². The smallest absolute Gasteiger partial charge is 0.256 e. The highest BCUT2D eigenvalue weighted by atomic mass is 35.5. The molecule has 0 spiro atoms. The lowest BCUT2D eigenvalue weighted by Gasteiger charge is -2.21. The Kier molecular flexibility index (Phi) is 13.1. The zero-order valence-electron chi connectivity index (χ0n) is 12.4. The number of carbonyl (C=O) groups is 1. The Bertz CT molecular complexity index is 292. The van der Waals surface area contributed by atoms with Crippen LogP contribution in [0, 0.1) is 0 Å². The number of nitrogens with zero attached hydrogens (tertiary/aromatic N) is 1. The minimum absolute atomic E-state index is 0.139. The van der Waals surface area contributed by atoms with Crippen molar-refractivity contribution in [2.24, 2.45) is 0 Å². The maximum atomic E-state index is 11.6. The van der Waals surface area contributed by atoms with Gasteiger partial charge in [0.05, 0.1) is 19.8 Å². The van der Waals surface area contributed by atoms with Crippen molar-refractivity contribution in [2.75, 3.05) is 46.8 Å².